The largest absolute Gasteiger partial charge is 0.313 e. The molecule has 3 heteroatoms. The first-order valence-corrected chi connectivity index (χ1v) is 7.53. The van der Waals surface area contributed by atoms with Crippen molar-refractivity contribution in [2.45, 2.75) is 32.2 Å². The SMILES string of the molecule is CCNCc1ccc(SCC(C)C)c(Br)c1. The number of nitrogens with one attached hydrogen (secondary N) is 1. The smallest absolute Gasteiger partial charge is 0.0314 e. The third-order valence-corrected chi connectivity index (χ3v) is 4.57. The molecule has 1 rings (SSSR count). The maximum Gasteiger partial charge on any atom is 0.0314 e. The molecule has 0 saturated heterocycles. The van der Waals surface area contributed by atoms with Gasteiger partial charge < -0.3 is 5.32 Å². The van der Waals surface area contributed by atoms with Crippen LogP contribution in [0.3, 0.4) is 0 Å². The van der Waals surface area contributed by atoms with E-state index >= 15 is 0 Å². The highest BCUT2D eigenvalue weighted by Gasteiger charge is 2.03. The van der Waals surface area contributed by atoms with Crippen LogP contribution in [0.5, 0.6) is 0 Å². The third-order valence-electron chi connectivity index (χ3n) is 2.15. The lowest BCUT2D eigenvalue weighted by Gasteiger charge is -2.09. The van der Waals surface area contributed by atoms with Gasteiger partial charge in [0, 0.05) is 21.7 Å². The minimum Gasteiger partial charge on any atom is -0.313 e. The molecule has 0 fully saturated rings. The molecule has 0 aliphatic rings. The molecular formula is C13H20BrNS. The van der Waals surface area contributed by atoms with Crippen LogP contribution in [0.1, 0.15) is 26.3 Å². The molecule has 0 amide bonds. The van der Waals surface area contributed by atoms with E-state index in [4.69, 9.17) is 0 Å². The van der Waals surface area contributed by atoms with Crippen LogP contribution in [0.25, 0.3) is 0 Å². The molecule has 0 bridgehead atoms. The zero-order chi connectivity index (χ0) is 12.0. The second-order valence-electron chi connectivity index (χ2n) is 4.25. The quantitative estimate of drug-likeness (QED) is 0.786. The molecule has 1 nitrogen and oxygen atoms in total. The standard InChI is InChI=1S/C13H20BrNS/c1-4-15-8-11-5-6-13(12(14)7-11)16-9-10(2)3/h5-7,10,15H,4,8-9H2,1-3H3. The summed E-state index contributed by atoms with van der Waals surface area (Å²) in [6, 6.07) is 6.63. The van der Waals surface area contributed by atoms with Crippen molar-refractivity contribution < 1.29 is 0 Å². The van der Waals surface area contributed by atoms with E-state index in [9.17, 15) is 0 Å². The fourth-order valence-corrected chi connectivity index (χ4v) is 2.94. The minimum absolute atomic E-state index is 0.735. The Hall–Kier alpha value is 0.01000. The van der Waals surface area contributed by atoms with Crippen molar-refractivity contribution in [1.29, 1.82) is 0 Å². The molecule has 16 heavy (non-hydrogen) atoms. The lowest BCUT2D eigenvalue weighted by atomic mass is 10.2. The number of benzene rings is 1. The molecule has 0 saturated carbocycles. The molecule has 0 spiro atoms. The van der Waals surface area contributed by atoms with E-state index in [1.165, 1.54) is 20.7 Å². The molecule has 1 aromatic rings. The van der Waals surface area contributed by atoms with Crippen LogP contribution in [0.15, 0.2) is 27.6 Å². The summed E-state index contributed by atoms with van der Waals surface area (Å²) in [5.41, 5.74) is 1.34. The van der Waals surface area contributed by atoms with E-state index in [-0.39, 0.29) is 0 Å². The average Bonchev–Trinajstić information content (AvgIpc) is 2.24. The van der Waals surface area contributed by atoms with Gasteiger partial charge in [-0.15, -0.1) is 11.8 Å². The number of rotatable bonds is 6. The van der Waals surface area contributed by atoms with Crippen molar-refractivity contribution in [3.63, 3.8) is 0 Å². The normalized spacial score (nSPS) is 11.1. The van der Waals surface area contributed by atoms with Crippen LogP contribution in [0, 0.1) is 5.92 Å². The molecular weight excluding hydrogens is 282 g/mol. The van der Waals surface area contributed by atoms with Crippen LogP contribution in [-0.4, -0.2) is 12.3 Å². The van der Waals surface area contributed by atoms with Crippen molar-refractivity contribution in [2.75, 3.05) is 12.3 Å². The number of halogens is 1. The van der Waals surface area contributed by atoms with Gasteiger partial charge >= 0.3 is 0 Å². The highest BCUT2D eigenvalue weighted by atomic mass is 79.9. The lowest BCUT2D eigenvalue weighted by Crippen LogP contribution is -2.11. The number of thioether (sulfide) groups is 1. The summed E-state index contributed by atoms with van der Waals surface area (Å²) in [5.74, 6) is 1.91. The molecule has 0 aromatic heterocycles. The van der Waals surface area contributed by atoms with Gasteiger partial charge in [0.2, 0.25) is 0 Å². The molecule has 1 N–H and O–H groups in total. The fraction of sp³-hybridized carbons (Fsp3) is 0.538. The minimum atomic E-state index is 0.735. The molecule has 1 aromatic carbocycles. The van der Waals surface area contributed by atoms with Gasteiger partial charge in [0.05, 0.1) is 0 Å². The summed E-state index contributed by atoms with van der Waals surface area (Å²) < 4.78 is 1.22. The van der Waals surface area contributed by atoms with Gasteiger partial charge in [-0.2, -0.15) is 0 Å². The molecule has 0 aliphatic carbocycles. The predicted molar refractivity (Wildman–Crippen MR) is 77.1 cm³/mol. The summed E-state index contributed by atoms with van der Waals surface area (Å²) in [4.78, 5) is 1.34. The summed E-state index contributed by atoms with van der Waals surface area (Å²) in [5, 5.41) is 3.33. The predicted octanol–water partition coefficient (Wildman–Crippen LogP) is 4.31. The van der Waals surface area contributed by atoms with E-state index in [1.54, 1.807) is 0 Å². The molecule has 0 unspecified atom stereocenters. The van der Waals surface area contributed by atoms with Crippen molar-refractivity contribution >= 4 is 27.7 Å². The van der Waals surface area contributed by atoms with Crippen LogP contribution in [0.2, 0.25) is 0 Å². The second-order valence-corrected chi connectivity index (χ2v) is 6.17. The first-order valence-electron chi connectivity index (χ1n) is 5.75. The summed E-state index contributed by atoms with van der Waals surface area (Å²) in [7, 11) is 0. The first kappa shape index (κ1) is 14.1. The lowest BCUT2D eigenvalue weighted by molar-refractivity contribution is 0.726. The van der Waals surface area contributed by atoms with E-state index in [0.29, 0.717) is 0 Å². The Balaban J connectivity index is 2.60. The Morgan fingerprint density at radius 3 is 2.69 bits per heavy atom. The van der Waals surface area contributed by atoms with Crippen LogP contribution in [-0.2, 0) is 6.54 Å². The van der Waals surface area contributed by atoms with Crippen molar-refractivity contribution in [3.05, 3.63) is 28.2 Å². The van der Waals surface area contributed by atoms with Crippen molar-refractivity contribution in [1.82, 2.24) is 5.32 Å². The zero-order valence-electron chi connectivity index (χ0n) is 10.2. The Kier molecular flexibility index (Phi) is 6.47. The molecule has 90 valence electrons. The van der Waals surface area contributed by atoms with Gasteiger partial charge in [-0.05, 0) is 46.1 Å². The van der Waals surface area contributed by atoms with E-state index < -0.39 is 0 Å². The average molecular weight is 302 g/mol. The third kappa shape index (κ3) is 4.89. The van der Waals surface area contributed by atoms with Crippen molar-refractivity contribution in [3.8, 4) is 0 Å². The zero-order valence-corrected chi connectivity index (χ0v) is 12.6. The van der Waals surface area contributed by atoms with Gasteiger partial charge in [-0.1, -0.05) is 26.8 Å². The highest BCUT2D eigenvalue weighted by molar-refractivity contribution is 9.10. The molecule has 0 aliphatic heterocycles. The van der Waals surface area contributed by atoms with E-state index in [1.807, 2.05) is 11.8 Å². The first-order chi connectivity index (χ1) is 7.63. The van der Waals surface area contributed by atoms with Crippen LogP contribution >= 0.6 is 27.7 Å². The van der Waals surface area contributed by atoms with Gasteiger partial charge in [-0.25, -0.2) is 0 Å². The summed E-state index contributed by atoms with van der Waals surface area (Å²) in [6.07, 6.45) is 0. The molecule has 0 atom stereocenters. The molecule has 0 heterocycles. The maximum absolute atomic E-state index is 3.64. The Morgan fingerprint density at radius 1 is 1.38 bits per heavy atom. The van der Waals surface area contributed by atoms with Crippen molar-refractivity contribution in [2.24, 2.45) is 5.92 Å². The van der Waals surface area contributed by atoms with Gasteiger partial charge in [-0.3, -0.25) is 0 Å². The van der Waals surface area contributed by atoms with Gasteiger partial charge in [0.15, 0.2) is 0 Å². The Labute approximate surface area is 112 Å². The molecule has 0 radical (unpaired) electrons. The van der Waals surface area contributed by atoms with E-state index in [0.717, 1.165) is 19.0 Å². The Morgan fingerprint density at radius 2 is 2.12 bits per heavy atom. The summed E-state index contributed by atoms with van der Waals surface area (Å²) >= 11 is 5.56. The summed E-state index contributed by atoms with van der Waals surface area (Å²) in [6.45, 7) is 8.59. The Bertz CT molecular complexity index is 326. The highest BCUT2D eigenvalue weighted by Crippen LogP contribution is 2.29. The fourth-order valence-electron chi connectivity index (χ4n) is 1.30. The topological polar surface area (TPSA) is 12.0 Å². The van der Waals surface area contributed by atoms with Crippen LogP contribution in [0.4, 0.5) is 0 Å². The number of hydrogen-bond acceptors (Lipinski definition) is 2. The van der Waals surface area contributed by atoms with Gasteiger partial charge in [0.25, 0.3) is 0 Å². The van der Waals surface area contributed by atoms with E-state index in [2.05, 4.69) is 60.2 Å². The second kappa shape index (κ2) is 7.36. The van der Waals surface area contributed by atoms with Crippen LogP contribution < -0.4 is 5.32 Å². The maximum atomic E-state index is 3.64. The number of hydrogen-bond donors (Lipinski definition) is 1. The monoisotopic (exact) mass is 301 g/mol. The van der Waals surface area contributed by atoms with Gasteiger partial charge in [0.1, 0.15) is 0 Å².